The molecule has 2 aromatic heterocycles. The largest absolute Gasteiger partial charge is 0.468 e. The van der Waals surface area contributed by atoms with E-state index in [-0.39, 0.29) is 6.04 Å². The van der Waals surface area contributed by atoms with Gasteiger partial charge in [0.1, 0.15) is 17.9 Å². The Morgan fingerprint density at radius 3 is 3.07 bits per heavy atom. The van der Waals surface area contributed by atoms with Crippen molar-refractivity contribution in [1.29, 1.82) is 0 Å². The van der Waals surface area contributed by atoms with Crippen LogP contribution in [0, 0.1) is 0 Å². The topological polar surface area (TPSA) is 55.9 Å². The second-order valence-corrected chi connectivity index (χ2v) is 3.48. The van der Waals surface area contributed by atoms with Crippen LogP contribution in [0.1, 0.15) is 24.6 Å². The Bertz CT molecular complexity index is 407. The summed E-state index contributed by atoms with van der Waals surface area (Å²) in [6, 6.07) is 4.01. The van der Waals surface area contributed by atoms with Crippen LogP contribution in [-0.2, 0) is 13.6 Å². The van der Waals surface area contributed by atoms with Gasteiger partial charge in [0.2, 0.25) is 0 Å². The Kier molecular flexibility index (Phi) is 2.82. The summed E-state index contributed by atoms with van der Waals surface area (Å²) in [4.78, 5) is 0. The van der Waals surface area contributed by atoms with Crippen molar-refractivity contribution in [1.82, 2.24) is 20.1 Å². The van der Waals surface area contributed by atoms with Gasteiger partial charge in [0, 0.05) is 7.05 Å². The molecule has 0 bridgehead atoms. The molecule has 80 valence electrons. The first kappa shape index (κ1) is 9.92. The molecule has 0 amide bonds. The molecule has 0 radical (unpaired) electrons. The van der Waals surface area contributed by atoms with Gasteiger partial charge in [-0.05, 0) is 19.1 Å². The highest BCUT2D eigenvalue weighted by atomic mass is 16.3. The lowest BCUT2D eigenvalue weighted by atomic mass is 10.2. The molecule has 15 heavy (non-hydrogen) atoms. The molecule has 0 saturated carbocycles. The summed E-state index contributed by atoms with van der Waals surface area (Å²) in [5.41, 5.74) is 0. The van der Waals surface area contributed by atoms with E-state index in [0.717, 1.165) is 11.6 Å². The molecule has 2 heterocycles. The van der Waals surface area contributed by atoms with Crippen molar-refractivity contribution in [3.63, 3.8) is 0 Å². The predicted molar refractivity (Wildman–Crippen MR) is 55.0 cm³/mol. The molecule has 5 nitrogen and oxygen atoms in total. The smallest absolute Gasteiger partial charge is 0.146 e. The van der Waals surface area contributed by atoms with Gasteiger partial charge < -0.3 is 14.3 Å². The Morgan fingerprint density at radius 1 is 1.60 bits per heavy atom. The Morgan fingerprint density at radius 2 is 2.47 bits per heavy atom. The first-order valence-corrected chi connectivity index (χ1v) is 4.87. The van der Waals surface area contributed by atoms with Gasteiger partial charge in [-0.25, -0.2) is 0 Å². The summed E-state index contributed by atoms with van der Waals surface area (Å²) < 4.78 is 7.18. The Labute approximate surface area is 88.1 Å². The average molecular weight is 206 g/mol. The fraction of sp³-hybridized carbons (Fsp3) is 0.400. The molecule has 0 aromatic carbocycles. The summed E-state index contributed by atoms with van der Waals surface area (Å²) in [5, 5.41) is 11.1. The molecule has 5 heteroatoms. The lowest BCUT2D eigenvalue weighted by molar-refractivity contribution is 0.425. The highest BCUT2D eigenvalue weighted by Gasteiger charge is 2.08. The zero-order valence-electron chi connectivity index (χ0n) is 8.84. The Balaban J connectivity index is 1.91. The molecule has 0 aliphatic rings. The van der Waals surface area contributed by atoms with Crippen LogP contribution in [0.25, 0.3) is 0 Å². The number of nitrogens with zero attached hydrogens (tertiary/aromatic N) is 3. The van der Waals surface area contributed by atoms with E-state index in [2.05, 4.69) is 22.4 Å². The molecule has 1 atom stereocenters. The molecule has 1 N–H and O–H groups in total. The van der Waals surface area contributed by atoms with Gasteiger partial charge in [-0.1, -0.05) is 0 Å². The number of rotatable bonds is 4. The molecule has 0 aliphatic carbocycles. The molecule has 0 unspecified atom stereocenters. The third-order valence-corrected chi connectivity index (χ3v) is 2.34. The second kappa shape index (κ2) is 4.27. The highest BCUT2D eigenvalue weighted by Crippen LogP contribution is 2.12. The van der Waals surface area contributed by atoms with Crippen molar-refractivity contribution in [2.45, 2.75) is 19.5 Å². The summed E-state index contributed by atoms with van der Waals surface area (Å²) in [6.07, 6.45) is 3.37. The predicted octanol–water partition coefficient (Wildman–Crippen LogP) is 1.26. The van der Waals surface area contributed by atoms with Crippen molar-refractivity contribution < 1.29 is 4.42 Å². The van der Waals surface area contributed by atoms with Crippen LogP contribution in [0.2, 0.25) is 0 Å². The third-order valence-electron chi connectivity index (χ3n) is 2.34. The van der Waals surface area contributed by atoms with Crippen molar-refractivity contribution >= 4 is 0 Å². The number of aryl methyl sites for hydroxylation is 1. The van der Waals surface area contributed by atoms with Crippen molar-refractivity contribution in [3.05, 3.63) is 36.3 Å². The quantitative estimate of drug-likeness (QED) is 0.818. The van der Waals surface area contributed by atoms with Gasteiger partial charge in [0.25, 0.3) is 0 Å². The van der Waals surface area contributed by atoms with E-state index in [1.165, 1.54) is 0 Å². The maximum atomic E-state index is 5.29. The van der Waals surface area contributed by atoms with E-state index in [9.17, 15) is 0 Å². The van der Waals surface area contributed by atoms with Crippen molar-refractivity contribution in [3.8, 4) is 0 Å². The van der Waals surface area contributed by atoms with Gasteiger partial charge in [0.15, 0.2) is 0 Å². The lowest BCUT2D eigenvalue weighted by Gasteiger charge is -2.10. The van der Waals surface area contributed by atoms with Gasteiger partial charge in [-0.15, -0.1) is 10.2 Å². The van der Waals surface area contributed by atoms with E-state index in [1.807, 2.05) is 23.7 Å². The number of aromatic nitrogens is 3. The van der Waals surface area contributed by atoms with Crippen molar-refractivity contribution in [2.75, 3.05) is 0 Å². The number of hydrogen-bond donors (Lipinski definition) is 1. The minimum absolute atomic E-state index is 0.178. The fourth-order valence-corrected chi connectivity index (χ4v) is 1.35. The van der Waals surface area contributed by atoms with E-state index in [1.54, 1.807) is 12.6 Å². The molecule has 0 saturated heterocycles. The summed E-state index contributed by atoms with van der Waals surface area (Å²) in [7, 11) is 1.93. The van der Waals surface area contributed by atoms with Crippen LogP contribution in [0.3, 0.4) is 0 Å². The van der Waals surface area contributed by atoms with Gasteiger partial charge >= 0.3 is 0 Å². The molecule has 0 spiro atoms. The monoisotopic (exact) mass is 206 g/mol. The average Bonchev–Trinajstić information content (AvgIpc) is 2.85. The van der Waals surface area contributed by atoms with E-state index in [4.69, 9.17) is 4.42 Å². The Hall–Kier alpha value is -1.62. The first-order valence-electron chi connectivity index (χ1n) is 4.87. The second-order valence-electron chi connectivity index (χ2n) is 3.48. The molecular formula is C10H14N4O. The van der Waals surface area contributed by atoms with Gasteiger partial charge in [-0.2, -0.15) is 0 Å². The summed E-state index contributed by atoms with van der Waals surface area (Å²) >= 11 is 0. The van der Waals surface area contributed by atoms with Crippen LogP contribution >= 0.6 is 0 Å². The standard InChI is InChI=1S/C10H14N4O/c1-8(9-4-3-5-15-9)11-6-10-13-12-7-14(10)2/h3-5,7-8,11H,6H2,1-2H3/t8-/m0/s1. The molecule has 2 aromatic rings. The maximum absolute atomic E-state index is 5.29. The van der Waals surface area contributed by atoms with E-state index in [0.29, 0.717) is 6.54 Å². The zero-order chi connectivity index (χ0) is 10.7. The zero-order valence-corrected chi connectivity index (χ0v) is 8.84. The van der Waals surface area contributed by atoms with E-state index < -0.39 is 0 Å². The number of furan rings is 1. The van der Waals surface area contributed by atoms with Crippen LogP contribution in [0.15, 0.2) is 29.1 Å². The summed E-state index contributed by atoms with van der Waals surface area (Å²) in [5.74, 6) is 1.84. The van der Waals surface area contributed by atoms with E-state index >= 15 is 0 Å². The van der Waals surface area contributed by atoms with Crippen molar-refractivity contribution in [2.24, 2.45) is 7.05 Å². The van der Waals surface area contributed by atoms with Gasteiger partial charge in [-0.3, -0.25) is 0 Å². The maximum Gasteiger partial charge on any atom is 0.146 e. The number of hydrogen-bond acceptors (Lipinski definition) is 4. The molecule has 0 fully saturated rings. The fourth-order valence-electron chi connectivity index (χ4n) is 1.35. The normalized spacial score (nSPS) is 12.9. The van der Waals surface area contributed by atoms with Crippen LogP contribution in [0.4, 0.5) is 0 Å². The molecular weight excluding hydrogens is 192 g/mol. The third kappa shape index (κ3) is 2.24. The highest BCUT2D eigenvalue weighted by molar-refractivity contribution is 5.03. The first-order chi connectivity index (χ1) is 7.27. The van der Waals surface area contributed by atoms with Gasteiger partial charge in [0.05, 0.1) is 18.8 Å². The van der Waals surface area contributed by atoms with Crippen LogP contribution in [0.5, 0.6) is 0 Å². The SMILES string of the molecule is C[C@H](NCc1nncn1C)c1ccco1. The lowest BCUT2D eigenvalue weighted by Crippen LogP contribution is -2.19. The summed E-state index contributed by atoms with van der Waals surface area (Å²) in [6.45, 7) is 2.73. The van der Waals surface area contributed by atoms with Crippen LogP contribution < -0.4 is 5.32 Å². The minimum atomic E-state index is 0.178. The molecule has 2 rings (SSSR count). The minimum Gasteiger partial charge on any atom is -0.468 e. The number of nitrogens with one attached hydrogen (secondary N) is 1. The van der Waals surface area contributed by atoms with Crippen LogP contribution in [-0.4, -0.2) is 14.8 Å². The molecule has 0 aliphatic heterocycles.